The van der Waals surface area contributed by atoms with Crippen LogP contribution in [0, 0.1) is 48.5 Å². The Labute approximate surface area is 536 Å². The second-order valence-electron chi connectivity index (χ2n) is 20.1. The lowest BCUT2D eigenvalue weighted by atomic mass is 10.1. The van der Waals surface area contributed by atoms with Crippen LogP contribution in [-0.2, 0) is 0 Å². The van der Waals surface area contributed by atoms with Crippen molar-refractivity contribution in [3.05, 3.63) is 272 Å². The molecule has 6 heterocycles. The van der Waals surface area contributed by atoms with E-state index < -0.39 is 0 Å². The van der Waals surface area contributed by atoms with Crippen LogP contribution in [0.1, 0.15) is 39.1 Å². The first-order valence-corrected chi connectivity index (χ1v) is 29.0. The molecule has 0 spiro atoms. The molecule has 89 heavy (non-hydrogen) atoms. The SMILES string of the molecule is Cc1cc(-c2cc(Cl)ccn2)ccc1O.Cc1cc(-c2ccc(Cl)cn2)ccc1O.Cc1cc(-c2ccc(Cl)nn2)ccc1O.Cc1cc(-c2cccc(Cl)n2)ccc1O.Cc1cc(-c2ccccn2)ccc1O.Cc1ccnc(-c2ccc(O)c(C)c2)n1. The van der Waals surface area contributed by atoms with Gasteiger partial charge in [0.05, 0.1) is 33.5 Å². The van der Waals surface area contributed by atoms with Gasteiger partial charge in [-0.2, -0.15) is 0 Å². The summed E-state index contributed by atoms with van der Waals surface area (Å²) in [7, 11) is 0. The number of hydrogen-bond donors (Lipinski definition) is 6. The summed E-state index contributed by atoms with van der Waals surface area (Å²) in [5, 5.41) is 66.2. The first kappa shape index (κ1) is 66.6. The standard InChI is InChI=1S/3C12H10ClNO.C12H12N2O.C12H11NO.C11H9ClN2O/c1-8-6-9(2-5-12(8)15)11-4-3-10(13)7-14-11;1-8-6-9(2-3-12(8)15)11-7-10(13)4-5-14-11;1-8-7-9(5-6-11(8)15)10-3-2-4-12(13)14-10;1-8-7-10(3-4-11(8)15)12-13-6-5-9(2)14-12;1-9-8-10(5-6-12(9)14)11-4-2-3-7-13-11;1-7-6-8(2-4-10(7)15)9-3-5-11(12)14-13-9/h3*2-7,15H,1H3;3-7,15H,1-2H3;2-8,14H,1H3;2-6,15H,1H3. The van der Waals surface area contributed by atoms with Crippen LogP contribution in [0.4, 0.5) is 0 Å². The number of phenolic OH excluding ortho intramolecular Hbond substituents is 6. The number of aromatic nitrogens is 8. The lowest BCUT2D eigenvalue weighted by molar-refractivity contribution is 0.470. The number of aryl methyl sites for hydroxylation is 7. The normalized spacial score (nSPS) is 10.2. The lowest BCUT2D eigenvalue weighted by Crippen LogP contribution is -1.90. The van der Waals surface area contributed by atoms with Crippen LogP contribution in [-0.4, -0.2) is 70.7 Å². The average Bonchev–Trinajstić information content (AvgIpc) is 3.67. The van der Waals surface area contributed by atoms with Crippen molar-refractivity contribution in [2.45, 2.75) is 48.5 Å². The van der Waals surface area contributed by atoms with Crippen LogP contribution in [0.5, 0.6) is 34.5 Å². The van der Waals surface area contributed by atoms with Gasteiger partial charge in [0.15, 0.2) is 11.0 Å². The van der Waals surface area contributed by atoms with Gasteiger partial charge in [0.2, 0.25) is 0 Å². The second kappa shape index (κ2) is 32.1. The number of halogens is 4. The summed E-state index contributed by atoms with van der Waals surface area (Å²) in [6.45, 7) is 13.1. The smallest absolute Gasteiger partial charge is 0.159 e. The highest BCUT2D eigenvalue weighted by molar-refractivity contribution is 6.31. The zero-order valence-corrected chi connectivity index (χ0v) is 52.5. The molecular weight excluding hydrogens is 1200 g/mol. The molecule has 450 valence electrons. The molecule has 0 aliphatic heterocycles. The fourth-order valence-electron chi connectivity index (χ4n) is 8.14. The largest absolute Gasteiger partial charge is 0.508 e. The molecule has 12 aromatic rings. The number of aromatic hydroxyl groups is 6. The number of pyridine rings is 4. The molecule has 0 atom stereocenters. The molecule has 0 bridgehead atoms. The van der Waals surface area contributed by atoms with E-state index in [1.54, 1.807) is 104 Å². The van der Waals surface area contributed by atoms with Crippen LogP contribution in [0.25, 0.3) is 67.7 Å². The van der Waals surface area contributed by atoms with Crippen molar-refractivity contribution in [3.8, 4) is 102 Å². The van der Waals surface area contributed by atoms with Gasteiger partial charge in [-0.15, -0.1) is 10.2 Å². The quantitative estimate of drug-likeness (QED) is 0.0852. The van der Waals surface area contributed by atoms with E-state index in [1.165, 1.54) is 0 Å². The summed E-state index contributed by atoms with van der Waals surface area (Å²) in [6, 6.07) is 56.0. The van der Waals surface area contributed by atoms with E-state index in [4.69, 9.17) is 46.4 Å². The molecule has 0 fully saturated rings. The Hall–Kier alpha value is -9.96. The van der Waals surface area contributed by atoms with E-state index in [9.17, 15) is 30.6 Å². The molecular formula is C71H62Cl4N8O6. The third-order valence-electron chi connectivity index (χ3n) is 13.2. The van der Waals surface area contributed by atoms with Gasteiger partial charge in [-0.1, -0.05) is 58.5 Å². The first-order valence-electron chi connectivity index (χ1n) is 27.5. The molecule has 6 N–H and O–H groups in total. The van der Waals surface area contributed by atoms with E-state index in [1.807, 2.05) is 158 Å². The van der Waals surface area contributed by atoms with Crippen LogP contribution in [0.2, 0.25) is 20.4 Å². The van der Waals surface area contributed by atoms with Crippen LogP contribution in [0.3, 0.4) is 0 Å². The molecule has 18 heteroatoms. The van der Waals surface area contributed by atoms with Crippen LogP contribution >= 0.6 is 46.4 Å². The number of phenols is 6. The van der Waals surface area contributed by atoms with E-state index in [0.29, 0.717) is 54.9 Å². The highest BCUT2D eigenvalue weighted by Gasteiger charge is 2.08. The van der Waals surface area contributed by atoms with Crippen molar-refractivity contribution in [2.24, 2.45) is 0 Å². The monoisotopic (exact) mass is 1260 g/mol. The van der Waals surface area contributed by atoms with Crippen molar-refractivity contribution in [3.63, 3.8) is 0 Å². The molecule has 0 saturated heterocycles. The Morgan fingerprint density at radius 1 is 0.281 bits per heavy atom. The minimum absolute atomic E-state index is 0.278. The van der Waals surface area contributed by atoms with Gasteiger partial charge < -0.3 is 30.6 Å². The predicted octanol–water partition coefficient (Wildman–Crippen LogP) is 18.3. The average molecular weight is 1270 g/mol. The van der Waals surface area contributed by atoms with Gasteiger partial charge in [-0.05, 0) is 258 Å². The number of nitrogens with zero attached hydrogens (tertiary/aromatic N) is 8. The summed E-state index contributed by atoms with van der Waals surface area (Å²) in [4.78, 5) is 25.4. The van der Waals surface area contributed by atoms with Gasteiger partial charge in [-0.3, -0.25) is 15.0 Å². The number of benzene rings is 6. The lowest BCUT2D eigenvalue weighted by Gasteiger charge is -2.03. The van der Waals surface area contributed by atoms with E-state index in [-0.39, 0.29) is 5.75 Å². The topological polar surface area (TPSA) is 224 Å². The zero-order valence-electron chi connectivity index (χ0n) is 49.5. The minimum Gasteiger partial charge on any atom is -0.508 e. The molecule has 14 nitrogen and oxygen atoms in total. The number of rotatable bonds is 6. The molecule has 0 unspecified atom stereocenters. The maximum absolute atomic E-state index is 9.40. The molecule has 0 aliphatic carbocycles. The highest BCUT2D eigenvalue weighted by atomic mass is 35.5. The summed E-state index contributed by atoms with van der Waals surface area (Å²) in [5.41, 5.74) is 15.8. The maximum Gasteiger partial charge on any atom is 0.159 e. The minimum atomic E-state index is 0.278. The van der Waals surface area contributed by atoms with Gasteiger partial charge in [0.1, 0.15) is 39.7 Å². The maximum atomic E-state index is 9.40. The molecule has 0 radical (unpaired) electrons. The van der Waals surface area contributed by atoms with Crippen LogP contribution in [0.15, 0.2) is 213 Å². The molecule has 6 aromatic heterocycles. The Kier molecular flexibility index (Phi) is 24.0. The predicted molar refractivity (Wildman–Crippen MR) is 357 cm³/mol. The summed E-state index contributed by atoms with van der Waals surface area (Å²) in [5.74, 6) is 2.48. The molecule has 0 amide bonds. The Morgan fingerprint density at radius 3 is 1.13 bits per heavy atom. The third kappa shape index (κ3) is 20.0. The van der Waals surface area contributed by atoms with Crippen LogP contribution < -0.4 is 0 Å². The van der Waals surface area contributed by atoms with Crippen molar-refractivity contribution in [1.82, 2.24) is 40.1 Å². The molecule has 0 saturated carbocycles. The van der Waals surface area contributed by atoms with E-state index >= 15 is 0 Å². The summed E-state index contributed by atoms with van der Waals surface area (Å²) < 4.78 is 0. The van der Waals surface area contributed by atoms with Crippen molar-refractivity contribution in [1.29, 1.82) is 0 Å². The Morgan fingerprint density at radius 2 is 0.708 bits per heavy atom. The van der Waals surface area contributed by atoms with Gasteiger partial charge in [0.25, 0.3) is 0 Å². The van der Waals surface area contributed by atoms with Crippen molar-refractivity contribution >= 4 is 46.4 Å². The summed E-state index contributed by atoms with van der Waals surface area (Å²) >= 11 is 23.1. The fourth-order valence-corrected chi connectivity index (χ4v) is 8.67. The molecule has 0 aliphatic rings. The van der Waals surface area contributed by atoms with Gasteiger partial charge in [-0.25, -0.2) is 15.0 Å². The van der Waals surface area contributed by atoms with Crippen molar-refractivity contribution < 1.29 is 30.6 Å². The Balaban J connectivity index is 0.000000152. The van der Waals surface area contributed by atoms with Gasteiger partial charge in [0, 0.05) is 68.9 Å². The van der Waals surface area contributed by atoms with E-state index in [0.717, 1.165) is 101 Å². The zero-order chi connectivity index (χ0) is 64.1. The third-order valence-corrected chi connectivity index (χ3v) is 14.0. The number of hydrogen-bond acceptors (Lipinski definition) is 14. The Bertz CT molecular complexity index is 4000. The highest BCUT2D eigenvalue weighted by Crippen LogP contribution is 2.30. The van der Waals surface area contributed by atoms with Gasteiger partial charge >= 0.3 is 0 Å². The molecule has 6 aromatic carbocycles. The summed E-state index contributed by atoms with van der Waals surface area (Å²) in [6.07, 6.45) is 6.77. The van der Waals surface area contributed by atoms with Crippen molar-refractivity contribution in [2.75, 3.05) is 0 Å². The fraction of sp³-hybridized carbons (Fsp3) is 0.0986. The molecule has 12 rings (SSSR count). The first-order chi connectivity index (χ1) is 42.6. The van der Waals surface area contributed by atoms with E-state index in [2.05, 4.69) is 40.1 Å². The second-order valence-corrected chi connectivity index (χ2v) is 21.7.